The smallest absolute Gasteiger partial charge is 0.307 e. The van der Waals surface area contributed by atoms with E-state index >= 15 is 0 Å². The highest BCUT2D eigenvalue weighted by molar-refractivity contribution is 5.97. The molecule has 5 heteroatoms. The van der Waals surface area contributed by atoms with Crippen molar-refractivity contribution in [1.82, 2.24) is 0 Å². The van der Waals surface area contributed by atoms with Gasteiger partial charge in [-0.1, -0.05) is 18.2 Å². The van der Waals surface area contributed by atoms with Crippen LogP contribution >= 0.6 is 0 Å². The number of nitrogens with zero attached hydrogens (tertiary/aromatic N) is 1. The Morgan fingerprint density at radius 2 is 1.77 bits per heavy atom. The Labute approximate surface area is 157 Å². The van der Waals surface area contributed by atoms with Crippen LogP contribution in [0.4, 0.5) is 5.69 Å². The van der Waals surface area contributed by atoms with Crippen molar-refractivity contribution in [2.45, 2.75) is 59.2 Å². The lowest BCUT2D eigenvalue weighted by Gasteiger charge is -2.21. The fourth-order valence-electron chi connectivity index (χ4n) is 3.68. The molecule has 1 aliphatic heterocycles. The van der Waals surface area contributed by atoms with Gasteiger partial charge in [-0.25, -0.2) is 0 Å². The maximum Gasteiger partial charge on any atom is 0.307 e. The van der Waals surface area contributed by atoms with E-state index in [0.29, 0.717) is 26.2 Å². The van der Waals surface area contributed by atoms with Crippen molar-refractivity contribution >= 4 is 17.4 Å². The molecule has 1 heterocycles. The van der Waals surface area contributed by atoms with Crippen LogP contribution in [0, 0.1) is 0 Å². The summed E-state index contributed by atoms with van der Waals surface area (Å²) < 4.78 is 18.9. The SMILES string of the molecule is CCOC(=O)CC1(C)C(C)=[N+](CCC(OCC)OCC)c2ccccc21. The van der Waals surface area contributed by atoms with E-state index in [1.807, 2.05) is 32.9 Å². The zero-order valence-electron chi connectivity index (χ0n) is 16.7. The third-order valence-electron chi connectivity index (χ3n) is 5.09. The number of carbonyl (C=O) groups is 1. The van der Waals surface area contributed by atoms with Gasteiger partial charge in [-0.05, 0) is 27.7 Å². The molecule has 26 heavy (non-hydrogen) atoms. The van der Waals surface area contributed by atoms with Crippen molar-refractivity contribution in [3.63, 3.8) is 0 Å². The number of hydrogen-bond donors (Lipinski definition) is 0. The van der Waals surface area contributed by atoms with Gasteiger partial charge in [-0.15, -0.1) is 0 Å². The minimum absolute atomic E-state index is 0.160. The zero-order valence-corrected chi connectivity index (χ0v) is 16.7. The summed E-state index contributed by atoms with van der Waals surface area (Å²) in [6.45, 7) is 12.5. The van der Waals surface area contributed by atoms with Crippen molar-refractivity contribution < 1.29 is 23.6 Å². The number of fused-ring (bicyclic) bond motifs is 1. The Hall–Kier alpha value is -1.72. The minimum Gasteiger partial charge on any atom is -0.466 e. The predicted molar refractivity (Wildman–Crippen MR) is 102 cm³/mol. The van der Waals surface area contributed by atoms with Crippen LogP contribution in [0.25, 0.3) is 0 Å². The van der Waals surface area contributed by atoms with Crippen LogP contribution in [0.2, 0.25) is 0 Å². The first-order valence-electron chi connectivity index (χ1n) is 9.57. The first-order valence-corrected chi connectivity index (χ1v) is 9.57. The molecule has 0 N–H and O–H groups in total. The monoisotopic (exact) mass is 362 g/mol. The van der Waals surface area contributed by atoms with Crippen molar-refractivity contribution in [3.05, 3.63) is 29.8 Å². The molecule has 0 fully saturated rings. The molecule has 0 aliphatic carbocycles. The molecule has 0 aromatic heterocycles. The maximum atomic E-state index is 12.2. The molecule has 0 saturated heterocycles. The van der Waals surface area contributed by atoms with E-state index in [2.05, 4.69) is 30.6 Å². The van der Waals surface area contributed by atoms with E-state index in [0.717, 1.165) is 18.7 Å². The summed E-state index contributed by atoms with van der Waals surface area (Å²) in [5.74, 6) is -0.160. The van der Waals surface area contributed by atoms with Crippen molar-refractivity contribution in [2.75, 3.05) is 26.4 Å². The molecule has 1 unspecified atom stereocenters. The van der Waals surface area contributed by atoms with Crippen molar-refractivity contribution in [2.24, 2.45) is 0 Å². The van der Waals surface area contributed by atoms with E-state index in [9.17, 15) is 4.79 Å². The van der Waals surface area contributed by atoms with E-state index in [1.54, 1.807) is 0 Å². The largest absolute Gasteiger partial charge is 0.466 e. The molecule has 144 valence electrons. The summed E-state index contributed by atoms with van der Waals surface area (Å²) in [5, 5.41) is 0. The van der Waals surface area contributed by atoms with Crippen LogP contribution < -0.4 is 0 Å². The second kappa shape index (κ2) is 9.28. The molecule has 0 saturated carbocycles. The molecular weight excluding hydrogens is 330 g/mol. The number of hydrogen-bond acceptors (Lipinski definition) is 4. The van der Waals surface area contributed by atoms with Crippen molar-refractivity contribution in [1.29, 1.82) is 0 Å². The Balaban J connectivity index is 2.27. The Morgan fingerprint density at radius 3 is 2.38 bits per heavy atom. The first-order chi connectivity index (χ1) is 12.5. The molecule has 0 bridgehead atoms. The molecule has 0 radical (unpaired) electrons. The minimum atomic E-state index is -0.352. The highest BCUT2D eigenvalue weighted by atomic mass is 16.7. The van der Waals surface area contributed by atoms with E-state index < -0.39 is 0 Å². The van der Waals surface area contributed by atoms with Gasteiger partial charge in [-0.3, -0.25) is 4.79 Å². The van der Waals surface area contributed by atoms with Crippen molar-refractivity contribution in [3.8, 4) is 0 Å². The van der Waals surface area contributed by atoms with Crippen LogP contribution in [0.1, 0.15) is 53.0 Å². The Bertz CT molecular complexity index is 649. The molecule has 0 spiro atoms. The Morgan fingerprint density at radius 1 is 1.12 bits per heavy atom. The van der Waals surface area contributed by atoms with Gasteiger partial charge in [0.05, 0.1) is 24.9 Å². The lowest BCUT2D eigenvalue weighted by atomic mass is 9.77. The van der Waals surface area contributed by atoms with Crippen LogP contribution in [0.5, 0.6) is 0 Å². The number of benzene rings is 1. The lowest BCUT2D eigenvalue weighted by Crippen LogP contribution is -2.34. The van der Waals surface area contributed by atoms with Gasteiger partial charge < -0.3 is 14.2 Å². The summed E-state index contributed by atoms with van der Waals surface area (Å²) in [6.07, 6.45) is 0.908. The second-order valence-electron chi connectivity index (χ2n) is 6.70. The van der Waals surface area contributed by atoms with Gasteiger partial charge >= 0.3 is 5.97 Å². The first kappa shape index (κ1) is 20.6. The van der Waals surface area contributed by atoms with Gasteiger partial charge in [-0.2, -0.15) is 4.58 Å². The molecule has 2 rings (SSSR count). The average Bonchev–Trinajstić information content (AvgIpc) is 2.82. The normalized spacial score (nSPS) is 19.2. The van der Waals surface area contributed by atoms with E-state index in [-0.39, 0.29) is 17.7 Å². The topological polar surface area (TPSA) is 47.8 Å². The van der Waals surface area contributed by atoms with Gasteiger partial charge in [0.15, 0.2) is 18.5 Å². The third-order valence-corrected chi connectivity index (χ3v) is 5.09. The predicted octanol–water partition coefficient (Wildman–Crippen LogP) is 3.81. The summed E-state index contributed by atoms with van der Waals surface area (Å²) in [4.78, 5) is 12.2. The molecule has 5 nitrogen and oxygen atoms in total. The summed E-state index contributed by atoms with van der Waals surface area (Å²) in [7, 11) is 0. The molecular formula is C21H32NO4+. The fourth-order valence-corrected chi connectivity index (χ4v) is 3.68. The maximum absolute atomic E-state index is 12.2. The number of carbonyl (C=O) groups excluding carboxylic acids is 1. The molecule has 1 atom stereocenters. The summed E-state index contributed by atoms with van der Waals surface area (Å²) in [6, 6.07) is 8.30. The highest BCUT2D eigenvalue weighted by Gasteiger charge is 2.47. The van der Waals surface area contributed by atoms with Gasteiger partial charge in [0.25, 0.3) is 0 Å². The molecule has 0 amide bonds. The standard InChI is InChI=1S/C21H32NO4/c1-6-24-19(23)15-21(5)16(4)22(18-12-10-9-11-17(18)21)14-13-20(25-7-2)26-8-3/h9-12,20H,6-8,13-15H2,1-5H3/q+1. The summed E-state index contributed by atoms with van der Waals surface area (Å²) >= 11 is 0. The van der Waals surface area contributed by atoms with E-state index in [4.69, 9.17) is 14.2 Å². The quantitative estimate of drug-likeness (QED) is 0.361. The van der Waals surface area contributed by atoms with Crippen LogP contribution in [-0.2, 0) is 24.4 Å². The van der Waals surface area contributed by atoms with E-state index in [1.165, 1.54) is 11.3 Å². The number of para-hydroxylation sites is 1. The van der Waals surface area contributed by atoms with Gasteiger partial charge in [0.1, 0.15) is 0 Å². The van der Waals surface area contributed by atoms with Crippen LogP contribution in [0.15, 0.2) is 24.3 Å². The number of esters is 1. The number of rotatable bonds is 10. The average molecular weight is 362 g/mol. The molecule has 1 aromatic rings. The summed E-state index contributed by atoms with van der Waals surface area (Å²) in [5.41, 5.74) is 3.15. The lowest BCUT2D eigenvalue weighted by molar-refractivity contribution is -0.444. The molecule has 1 aromatic carbocycles. The molecule has 1 aliphatic rings. The van der Waals surface area contributed by atoms with Crippen LogP contribution in [0.3, 0.4) is 0 Å². The zero-order chi connectivity index (χ0) is 19.2. The Kier molecular flexibility index (Phi) is 7.35. The highest BCUT2D eigenvalue weighted by Crippen LogP contribution is 2.42. The second-order valence-corrected chi connectivity index (χ2v) is 6.70. The fraction of sp³-hybridized carbons (Fsp3) is 0.619. The van der Waals surface area contributed by atoms with Crippen LogP contribution in [-0.4, -0.2) is 48.9 Å². The third kappa shape index (κ3) is 4.33. The van der Waals surface area contributed by atoms with Gasteiger partial charge in [0.2, 0.25) is 5.69 Å². The number of ether oxygens (including phenoxy) is 3. The van der Waals surface area contributed by atoms with Gasteiger partial charge in [0, 0.05) is 31.8 Å².